The molecule has 0 aromatic heterocycles. The quantitative estimate of drug-likeness (QED) is 0.303. The molecular weight excluding hydrogens is 448 g/mol. The van der Waals surface area contributed by atoms with Gasteiger partial charge in [-0.3, -0.25) is 0 Å². The Hall–Kier alpha value is -3.02. The van der Waals surface area contributed by atoms with Crippen molar-refractivity contribution < 1.29 is 14.6 Å². The molecule has 2 N–H and O–H groups in total. The predicted octanol–water partition coefficient (Wildman–Crippen LogP) is 6.47. The van der Waals surface area contributed by atoms with Gasteiger partial charge in [0.15, 0.2) is 0 Å². The summed E-state index contributed by atoms with van der Waals surface area (Å²) in [6.45, 7) is 7.20. The summed E-state index contributed by atoms with van der Waals surface area (Å²) in [5.74, 6) is 2.42. The fourth-order valence-corrected chi connectivity index (χ4v) is 4.79. The van der Waals surface area contributed by atoms with E-state index in [1.165, 1.54) is 11.1 Å². The Bertz CT molecular complexity index is 1050. The fraction of sp³-hybridized carbons (Fsp3) is 0.419. The first-order chi connectivity index (χ1) is 17.5. The molecule has 4 rings (SSSR count). The van der Waals surface area contributed by atoms with Crippen molar-refractivity contribution in [3.8, 4) is 11.5 Å². The maximum Gasteiger partial charge on any atom is 0.126 e. The number of nitrogens with zero attached hydrogens (tertiary/aromatic N) is 1. The smallest absolute Gasteiger partial charge is 0.126 e. The number of benzene rings is 3. The molecule has 3 aromatic carbocycles. The Balaban J connectivity index is 1.32. The van der Waals surface area contributed by atoms with Crippen LogP contribution < -0.4 is 14.8 Å². The van der Waals surface area contributed by atoms with Crippen molar-refractivity contribution >= 4 is 5.69 Å². The summed E-state index contributed by atoms with van der Waals surface area (Å²) in [5, 5.41) is 13.4. The van der Waals surface area contributed by atoms with E-state index < -0.39 is 6.23 Å². The Morgan fingerprint density at radius 1 is 0.917 bits per heavy atom. The summed E-state index contributed by atoms with van der Waals surface area (Å²) < 4.78 is 11.7. The van der Waals surface area contributed by atoms with Gasteiger partial charge in [-0.15, -0.1) is 0 Å². The highest BCUT2D eigenvalue weighted by atomic mass is 16.5. The molecule has 1 aliphatic rings. The van der Waals surface area contributed by atoms with Crippen molar-refractivity contribution in [1.29, 1.82) is 0 Å². The SMILES string of the molecule is COc1ccc(O[C@@H](CCN2CCC(c3cccc(NC(O)C(C)C)c3)CC2)c2ccccc2)cc1. The van der Waals surface area contributed by atoms with Crippen LogP contribution in [0.2, 0.25) is 0 Å². The van der Waals surface area contributed by atoms with Crippen LogP contribution >= 0.6 is 0 Å². The van der Waals surface area contributed by atoms with Crippen LogP contribution in [0.25, 0.3) is 0 Å². The maximum atomic E-state index is 10.2. The van der Waals surface area contributed by atoms with Crippen LogP contribution in [0.4, 0.5) is 5.69 Å². The highest BCUT2D eigenvalue weighted by Gasteiger charge is 2.23. The highest BCUT2D eigenvalue weighted by molar-refractivity contribution is 5.47. The molecule has 0 spiro atoms. The number of ether oxygens (including phenoxy) is 2. The minimum absolute atomic E-state index is 0.00691. The van der Waals surface area contributed by atoms with Gasteiger partial charge in [-0.25, -0.2) is 0 Å². The van der Waals surface area contributed by atoms with Gasteiger partial charge in [-0.1, -0.05) is 56.3 Å². The topological polar surface area (TPSA) is 54.0 Å². The third kappa shape index (κ3) is 7.25. The standard InChI is InChI=1S/C31H40N2O3/c1-23(2)31(34)32-27-11-7-10-26(22-27)24-16-19-33(20-17-24)21-18-30(25-8-5-4-6-9-25)36-29-14-12-28(35-3)13-15-29/h4-15,22-24,30-32,34H,16-21H2,1-3H3/t30-,31?/m0/s1. The van der Waals surface area contributed by atoms with Crippen LogP contribution in [0.15, 0.2) is 78.9 Å². The third-order valence-corrected chi connectivity index (χ3v) is 7.11. The van der Waals surface area contributed by atoms with Gasteiger partial charge in [-0.05, 0) is 85.3 Å². The molecule has 1 unspecified atom stereocenters. The second-order valence-electron chi connectivity index (χ2n) is 10.1. The van der Waals surface area contributed by atoms with Crippen molar-refractivity contribution in [2.45, 2.75) is 51.4 Å². The van der Waals surface area contributed by atoms with Gasteiger partial charge >= 0.3 is 0 Å². The monoisotopic (exact) mass is 488 g/mol. The molecular formula is C31H40N2O3. The molecule has 2 atom stereocenters. The summed E-state index contributed by atoms with van der Waals surface area (Å²) in [5.41, 5.74) is 3.56. The summed E-state index contributed by atoms with van der Waals surface area (Å²) >= 11 is 0. The van der Waals surface area contributed by atoms with Gasteiger partial charge in [0.05, 0.1) is 7.11 Å². The van der Waals surface area contributed by atoms with E-state index >= 15 is 0 Å². The molecule has 1 heterocycles. The molecule has 1 fully saturated rings. The molecule has 5 heteroatoms. The van der Waals surface area contributed by atoms with E-state index in [1.54, 1.807) is 7.11 Å². The number of aliphatic hydroxyl groups excluding tert-OH is 1. The van der Waals surface area contributed by atoms with Crippen LogP contribution in [-0.2, 0) is 0 Å². The minimum atomic E-state index is -0.528. The van der Waals surface area contributed by atoms with Crippen molar-refractivity contribution in [2.24, 2.45) is 5.92 Å². The maximum absolute atomic E-state index is 10.2. The van der Waals surface area contributed by atoms with Crippen molar-refractivity contribution in [3.63, 3.8) is 0 Å². The molecule has 36 heavy (non-hydrogen) atoms. The van der Waals surface area contributed by atoms with Gasteiger partial charge in [0, 0.05) is 18.7 Å². The molecule has 0 radical (unpaired) electrons. The van der Waals surface area contributed by atoms with Gasteiger partial charge in [0.2, 0.25) is 0 Å². The summed E-state index contributed by atoms with van der Waals surface area (Å²) in [4.78, 5) is 2.56. The molecule has 5 nitrogen and oxygen atoms in total. The molecule has 3 aromatic rings. The first kappa shape index (κ1) is 26.1. The third-order valence-electron chi connectivity index (χ3n) is 7.11. The largest absolute Gasteiger partial charge is 0.497 e. The number of anilines is 1. The second-order valence-corrected chi connectivity index (χ2v) is 10.1. The van der Waals surface area contributed by atoms with Crippen LogP contribution in [0.3, 0.4) is 0 Å². The lowest BCUT2D eigenvalue weighted by Gasteiger charge is -2.33. The summed E-state index contributed by atoms with van der Waals surface area (Å²) in [6, 6.07) is 26.9. The van der Waals surface area contributed by atoms with Gasteiger partial charge in [-0.2, -0.15) is 0 Å². The molecule has 1 aliphatic heterocycles. The van der Waals surface area contributed by atoms with E-state index in [2.05, 4.69) is 52.7 Å². The number of likely N-dealkylation sites (tertiary alicyclic amines) is 1. The molecule has 0 aliphatic carbocycles. The van der Waals surface area contributed by atoms with E-state index in [4.69, 9.17) is 9.47 Å². The van der Waals surface area contributed by atoms with E-state index in [0.717, 1.165) is 56.1 Å². The van der Waals surface area contributed by atoms with Gasteiger partial charge in [0.1, 0.15) is 23.8 Å². The Labute approximate surface area is 216 Å². The van der Waals surface area contributed by atoms with Crippen LogP contribution in [0.5, 0.6) is 11.5 Å². The lowest BCUT2D eigenvalue weighted by Crippen LogP contribution is -2.34. The average molecular weight is 489 g/mol. The number of piperidine rings is 1. The molecule has 0 bridgehead atoms. The zero-order valence-corrected chi connectivity index (χ0v) is 21.8. The Kier molecular flexibility index (Phi) is 9.26. The number of aliphatic hydroxyl groups is 1. The van der Waals surface area contributed by atoms with Gasteiger partial charge in [0.25, 0.3) is 0 Å². The fourth-order valence-electron chi connectivity index (χ4n) is 4.79. The Morgan fingerprint density at radius 2 is 1.61 bits per heavy atom. The van der Waals surface area contributed by atoms with Crippen molar-refractivity contribution in [2.75, 3.05) is 32.1 Å². The molecule has 1 saturated heterocycles. The van der Waals surface area contributed by atoms with Crippen LogP contribution in [-0.4, -0.2) is 43.0 Å². The van der Waals surface area contributed by atoms with Gasteiger partial charge < -0.3 is 24.8 Å². The second kappa shape index (κ2) is 12.8. The zero-order valence-electron chi connectivity index (χ0n) is 21.8. The summed E-state index contributed by atoms with van der Waals surface area (Å²) in [7, 11) is 1.68. The molecule has 0 saturated carbocycles. The van der Waals surface area contributed by atoms with E-state index in [0.29, 0.717) is 5.92 Å². The lowest BCUT2D eigenvalue weighted by molar-refractivity contribution is 0.147. The van der Waals surface area contributed by atoms with E-state index in [1.807, 2.05) is 50.2 Å². The number of rotatable bonds is 11. The lowest BCUT2D eigenvalue weighted by atomic mass is 9.89. The summed E-state index contributed by atoms with van der Waals surface area (Å²) in [6.07, 6.45) is 2.71. The first-order valence-electron chi connectivity index (χ1n) is 13.1. The number of nitrogens with one attached hydrogen (secondary N) is 1. The predicted molar refractivity (Wildman–Crippen MR) is 147 cm³/mol. The molecule has 0 amide bonds. The highest BCUT2D eigenvalue weighted by Crippen LogP contribution is 2.31. The normalized spacial score (nSPS) is 16.5. The van der Waals surface area contributed by atoms with Crippen molar-refractivity contribution in [1.82, 2.24) is 4.90 Å². The van der Waals surface area contributed by atoms with Crippen LogP contribution in [0, 0.1) is 5.92 Å². The average Bonchev–Trinajstić information content (AvgIpc) is 2.92. The van der Waals surface area contributed by atoms with E-state index in [-0.39, 0.29) is 12.0 Å². The zero-order chi connectivity index (χ0) is 25.3. The first-order valence-corrected chi connectivity index (χ1v) is 13.1. The van der Waals surface area contributed by atoms with E-state index in [9.17, 15) is 5.11 Å². The van der Waals surface area contributed by atoms with Crippen molar-refractivity contribution in [3.05, 3.63) is 90.0 Å². The number of methoxy groups -OCH3 is 1. The molecule has 192 valence electrons. The Morgan fingerprint density at radius 3 is 2.28 bits per heavy atom. The van der Waals surface area contributed by atoms with Crippen LogP contribution in [0.1, 0.15) is 56.3 Å². The minimum Gasteiger partial charge on any atom is -0.497 e. The number of hydrogen-bond donors (Lipinski definition) is 2. The number of hydrogen-bond acceptors (Lipinski definition) is 5.